The number of fused-ring (bicyclic) bond motifs is 1. The van der Waals surface area contributed by atoms with Crippen molar-refractivity contribution in [3.05, 3.63) is 72.5 Å². The molecule has 1 aliphatic heterocycles. The third kappa shape index (κ3) is 1.78. The molecule has 1 aliphatic rings. The Balaban J connectivity index is 1.98. The Hall–Kier alpha value is -2.22. The van der Waals surface area contributed by atoms with E-state index in [-0.39, 0.29) is 6.10 Å². The van der Waals surface area contributed by atoms with Gasteiger partial charge in [-0.2, -0.15) is 0 Å². The van der Waals surface area contributed by atoms with E-state index >= 15 is 0 Å². The molecule has 1 unspecified atom stereocenters. The summed E-state index contributed by atoms with van der Waals surface area (Å²) in [6, 6.07) is 17.6. The van der Waals surface area contributed by atoms with Gasteiger partial charge in [-0.15, -0.1) is 0 Å². The van der Waals surface area contributed by atoms with Gasteiger partial charge >= 0.3 is 0 Å². The van der Waals surface area contributed by atoms with E-state index in [9.17, 15) is 0 Å². The average molecular weight is 224 g/mol. The van der Waals surface area contributed by atoms with Crippen LogP contribution in [0.15, 0.2) is 66.9 Å². The van der Waals surface area contributed by atoms with Gasteiger partial charge in [-0.1, -0.05) is 49.0 Å². The average Bonchev–Trinajstić information content (AvgIpc) is 2.39. The summed E-state index contributed by atoms with van der Waals surface area (Å²) in [6.45, 7) is 3.92. The lowest BCUT2D eigenvalue weighted by molar-refractivity contribution is 0.149. The van der Waals surface area contributed by atoms with E-state index in [1.807, 2.05) is 54.6 Å². The van der Waals surface area contributed by atoms with E-state index < -0.39 is 0 Å². The molecule has 0 radical (unpaired) electrons. The second-order valence-electron chi connectivity index (χ2n) is 3.92. The molecule has 1 heterocycles. The summed E-state index contributed by atoms with van der Waals surface area (Å²) in [4.78, 5) is 0. The first kappa shape index (κ1) is 9.97. The van der Waals surface area contributed by atoms with Gasteiger partial charge in [0.05, 0.1) is 0 Å². The third-order valence-corrected chi connectivity index (χ3v) is 2.73. The normalized spacial score (nSPS) is 17.9. The molecule has 2 heteroatoms. The Morgan fingerprint density at radius 2 is 1.47 bits per heavy atom. The Bertz CT molecular complexity index is 546. The van der Waals surface area contributed by atoms with Gasteiger partial charge in [0.25, 0.3) is 0 Å². The first-order valence-electron chi connectivity index (χ1n) is 5.52. The van der Waals surface area contributed by atoms with Crippen molar-refractivity contribution in [2.24, 2.45) is 0 Å². The molecular formula is C15H12O2. The highest BCUT2D eigenvalue weighted by atomic mass is 16.6. The maximum absolute atomic E-state index is 5.91. The number of para-hydroxylation sites is 2. The zero-order valence-electron chi connectivity index (χ0n) is 9.30. The number of hydrogen-bond donors (Lipinski definition) is 0. The number of benzene rings is 2. The van der Waals surface area contributed by atoms with Gasteiger partial charge in [-0.3, -0.25) is 0 Å². The predicted molar refractivity (Wildman–Crippen MR) is 66.0 cm³/mol. The fourth-order valence-electron chi connectivity index (χ4n) is 1.90. The Morgan fingerprint density at radius 3 is 2.24 bits per heavy atom. The molecule has 1 atom stereocenters. The van der Waals surface area contributed by atoms with Crippen molar-refractivity contribution in [3.8, 4) is 11.5 Å². The van der Waals surface area contributed by atoms with Gasteiger partial charge in [-0.05, 0) is 12.1 Å². The minimum absolute atomic E-state index is 0.230. The second kappa shape index (κ2) is 3.98. The zero-order chi connectivity index (χ0) is 11.7. The maximum Gasteiger partial charge on any atom is 0.181 e. The summed E-state index contributed by atoms with van der Waals surface area (Å²) in [5.74, 6) is 2.10. The van der Waals surface area contributed by atoms with Crippen LogP contribution in [0.3, 0.4) is 0 Å². The summed E-state index contributed by atoms with van der Waals surface area (Å²) in [5, 5.41) is 0. The third-order valence-electron chi connectivity index (χ3n) is 2.73. The predicted octanol–water partition coefficient (Wildman–Crippen LogP) is 3.71. The van der Waals surface area contributed by atoms with Crippen LogP contribution in [0, 0.1) is 0 Å². The highest BCUT2D eigenvalue weighted by Gasteiger charge is 2.25. The molecule has 0 amide bonds. The van der Waals surface area contributed by atoms with Crippen LogP contribution >= 0.6 is 0 Å². The lowest BCUT2D eigenvalue weighted by atomic mass is 10.1. The maximum atomic E-state index is 5.91. The molecule has 0 N–H and O–H groups in total. The number of hydrogen-bond acceptors (Lipinski definition) is 2. The summed E-state index contributed by atoms with van der Waals surface area (Å²) in [7, 11) is 0. The van der Waals surface area contributed by atoms with E-state index in [1.165, 1.54) is 0 Å². The first-order valence-corrected chi connectivity index (χ1v) is 5.52. The Labute approximate surface area is 100 Å². The summed E-state index contributed by atoms with van der Waals surface area (Å²) >= 11 is 0. The minimum Gasteiger partial charge on any atom is -0.474 e. The lowest BCUT2D eigenvalue weighted by Crippen LogP contribution is -2.18. The van der Waals surface area contributed by atoms with Crippen molar-refractivity contribution in [1.82, 2.24) is 0 Å². The van der Waals surface area contributed by atoms with Gasteiger partial charge in [0.15, 0.2) is 17.6 Å². The lowest BCUT2D eigenvalue weighted by Gasteiger charge is -2.28. The fourth-order valence-corrected chi connectivity index (χ4v) is 1.90. The van der Waals surface area contributed by atoms with Crippen LogP contribution in [0.5, 0.6) is 11.5 Å². The van der Waals surface area contributed by atoms with Crippen molar-refractivity contribution in [2.75, 3.05) is 0 Å². The summed E-state index contributed by atoms with van der Waals surface area (Å²) in [5.41, 5.74) is 1.05. The smallest absolute Gasteiger partial charge is 0.181 e. The Kier molecular flexibility index (Phi) is 2.33. The molecule has 2 aromatic carbocycles. The van der Waals surface area contributed by atoms with Gasteiger partial charge in [0, 0.05) is 5.56 Å². The van der Waals surface area contributed by atoms with E-state index in [1.54, 1.807) is 0 Å². The fraction of sp³-hybridized carbons (Fsp3) is 0.0667. The van der Waals surface area contributed by atoms with Crippen LogP contribution in [0.25, 0.3) is 0 Å². The molecule has 2 aromatic rings. The van der Waals surface area contributed by atoms with E-state index in [2.05, 4.69) is 6.58 Å². The zero-order valence-corrected chi connectivity index (χ0v) is 9.30. The van der Waals surface area contributed by atoms with Crippen LogP contribution in [0.1, 0.15) is 11.7 Å². The molecule has 0 aromatic heterocycles. The van der Waals surface area contributed by atoms with Crippen molar-refractivity contribution in [2.45, 2.75) is 6.10 Å². The topological polar surface area (TPSA) is 18.5 Å². The molecule has 84 valence electrons. The number of ether oxygens (including phenoxy) is 2. The largest absolute Gasteiger partial charge is 0.474 e. The van der Waals surface area contributed by atoms with Gasteiger partial charge < -0.3 is 9.47 Å². The summed E-state index contributed by atoms with van der Waals surface area (Å²) < 4.78 is 11.6. The van der Waals surface area contributed by atoms with E-state index in [0.29, 0.717) is 5.76 Å². The van der Waals surface area contributed by atoms with E-state index in [0.717, 1.165) is 17.1 Å². The van der Waals surface area contributed by atoms with Crippen LogP contribution in [0.4, 0.5) is 0 Å². The standard InChI is InChI=1S/C15H12O2/c1-11-15(12-7-3-2-4-8-12)17-14-10-6-5-9-13(14)16-11/h2-10,15H,1H2. The van der Waals surface area contributed by atoms with Gasteiger partial charge in [0.1, 0.15) is 5.76 Å². The summed E-state index contributed by atoms with van der Waals surface area (Å²) in [6.07, 6.45) is -0.230. The van der Waals surface area contributed by atoms with Crippen LogP contribution in [-0.4, -0.2) is 0 Å². The van der Waals surface area contributed by atoms with Crippen LogP contribution in [-0.2, 0) is 0 Å². The monoisotopic (exact) mass is 224 g/mol. The number of rotatable bonds is 1. The van der Waals surface area contributed by atoms with Crippen molar-refractivity contribution >= 4 is 0 Å². The van der Waals surface area contributed by atoms with Crippen LogP contribution < -0.4 is 9.47 Å². The molecule has 0 fully saturated rings. The van der Waals surface area contributed by atoms with Crippen LogP contribution in [0.2, 0.25) is 0 Å². The van der Waals surface area contributed by atoms with Crippen molar-refractivity contribution in [1.29, 1.82) is 0 Å². The molecule has 0 saturated carbocycles. The molecule has 0 aliphatic carbocycles. The first-order chi connectivity index (χ1) is 8.34. The molecule has 17 heavy (non-hydrogen) atoms. The highest BCUT2D eigenvalue weighted by Crippen LogP contribution is 2.40. The van der Waals surface area contributed by atoms with Gasteiger partial charge in [-0.25, -0.2) is 0 Å². The van der Waals surface area contributed by atoms with Gasteiger partial charge in [0.2, 0.25) is 0 Å². The molecule has 2 nitrogen and oxygen atoms in total. The minimum atomic E-state index is -0.230. The molecule has 0 saturated heterocycles. The molecule has 0 spiro atoms. The molecule has 3 rings (SSSR count). The molecular weight excluding hydrogens is 212 g/mol. The van der Waals surface area contributed by atoms with Crippen molar-refractivity contribution < 1.29 is 9.47 Å². The van der Waals surface area contributed by atoms with Crippen molar-refractivity contribution in [3.63, 3.8) is 0 Å². The second-order valence-corrected chi connectivity index (χ2v) is 3.92. The molecule has 0 bridgehead atoms. The van der Waals surface area contributed by atoms with E-state index in [4.69, 9.17) is 9.47 Å². The Morgan fingerprint density at radius 1 is 0.824 bits per heavy atom. The highest BCUT2D eigenvalue weighted by molar-refractivity contribution is 5.44. The SMILES string of the molecule is C=C1Oc2ccccc2OC1c1ccccc1. The quantitative estimate of drug-likeness (QED) is 0.735.